The number of benzene rings is 2. The highest BCUT2D eigenvalue weighted by Crippen LogP contribution is 2.19. The second-order valence-electron chi connectivity index (χ2n) is 5.01. The highest BCUT2D eigenvalue weighted by atomic mass is 19.1. The number of ether oxygens (including phenoxy) is 1. The summed E-state index contributed by atoms with van der Waals surface area (Å²) in [6.07, 6.45) is 0. The lowest BCUT2D eigenvalue weighted by Gasteiger charge is -2.10. The summed E-state index contributed by atoms with van der Waals surface area (Å²) in [6, 6.07) is 16.6. The van der Waals surface area contributed by atoms with Crippen LogP contribution in [0.5, 0.6) is 0 Å². The molecular formula is C18H18F2N2O3. The zero-order chi connectivity index (χ0) is 18.1. The van der Waals surface area contributed by atoms with Gasteiger partial charge >= 0.3 is 0 Å². The molecule has 7 heteroatoms. The molecule has 0 heterocycles. The summed E-state index contributed by atoms with van der Waals surface area (Å²) in [7, 11) is 0. The molecule has 0 aliphatic carbocycles. The summed E-state index contributed by atoms with van der Waals surface area (Å²) >= 11 is 0. The zero-order valence-corrected chi connectivity index (χ0v) is 13.2. The predicted molar refractivity (Wildman–Crippen MR) is 89.6 cm³/mol. The van der Waals surface area contributed by atoms with Crippen molar-refractivity contribution >= 4 is 11.4 Å². The summed E-state index contributed by atoms with van der Waals surface area (Å²) in [5.41, 5.74) is 4.09. The van der Waals surface area contributed by atoms with Crippen LogP contribution in [0.2, 0.25) is 0 Å². The van der Waals surface area contributed by atoms with Crippen LogP contribution >= 0.6 is 0 Å². The Balaban J connectivity index is 2.05. The topological polar surface area (TPSA) is 73.8 Å². The van der Waals surface area contributed by atoms with E-state index in [1.807, 2.05) is 0 Å². The quantitative estimate of drug-likeness (QED) is 0.548. The van der Waals surface area contributed by atoms with Gasteiger partial charge < -0.3 is 4.74 Å². The SMILES string of the molecule is ONC(=C(F)COCC(F)=C(NO)c1ccccc1)c1ccccc1. The molecule has 0 aromatic heterocycles. The van der Waals surface area contributed by atoms with Crippen LogP contribution in [0.15, 0.2) is 72.3 Å². The summed E-state index contributed by atoms with van der Waals surface area (Å²) in [4.78, 5) is 0. The molecule has 0 amide bonds. The standard InChI is InChI=1S/C18H18F2N2O3/c19-15(17(21-23)13-7-3-1-4-8-13)11-25-12-16(20)18(22-24)14-9-5-2-6-10-14/h1-10,21-24H,11-12H2. The molecule has 0 bridgehead atoms. The van der Waals surface area contributed by atoms with Crippen molar-refractivity contribution in [1.82, 2.24) is 11.0 Å². The molecule has 0 saturated heterocycles. The van der Waals surface area contributed by atoms with E-state index in [1.165, 1.54) is 0 Å². The fourth-order valence-electron chi connectivity index (χ4n) is 2.15. The summed E-state index contributed by atoms with van der Waals surface area (Å²) in [5, 5.41) is 18.2. The molecular weight excluding hydrogens is 330 g/mol. The second-order valence-corrected chi connectivity index (χ2v) is 5.01. The smallest absolute Gasteiger partial charge is 0.152 e. The molecule has 0 aliphatic rings. The van der Waals surface area contributed by atoms with Crippen LogP contribution in [0, 0.1) is 0 Å². The third-order valence-corrected chi connectivity index (χ3v) is 3.35. The van der Waals surface area contributed by atoms with Gasteiger partial charge in [-0.05, 0) is 0 Å². The molecule has 4 N–H and O–H groups in total. The van der Waals surface area contributed by atoms with E-state index in [9.17, 15) is 8.78 Å². The van der Waals surface area contributed by atoms with E-state index in [1.54, 1.807) is 71.6 Å². The first kappa shape index (κ1) is 18.6. The Hall–Kier alpha value is -2.74. The Morgan fingerprint density at radius 1 is 0.720 bits per heavy atom. The maximum atomic E-state index is 14.1. The van der Waals surface area contributed by atoms with Crippen molar-refractivity contribution in [2.75, 3.05) is 13.2 Å². The van der Waals surface area contributed by atoms with E-state index in [2.05, 4.69) is 0 Å². The maximum Gasteiger partial charge on any atom is 0.152 e. The van der Waals surface area contributed by atoms with Gasteiger partial charge in [0.25, 0.3) is 0 Å². The summed E-state index contributed by atoms with van der Waals surface area (Å²) < 4.78 is 33.3. The van der Waals surface area contributed by atoms with E-state index in [-0.39, 0.29) is 11.4 Å². The van der Waals surface area contributed by atoms with E-state index >= 15 is 0 Å². The molecule has 132 valence electrons. The van der Waals surface area contributed by atoms with E-state index < -0.39 is 24.9 Å². The predicted octanol–water partition coefficient (Wildman–Crippen LogP) is 3.64. The van der Waals surface area contributed by atoms with Gasteiger partial charge in [-0.25, -0.2) is 8.78 Å². The van der Waals surface area contributed by atoms with Crippen LogP contribution in [0.25, 0.3) is 11.4 Å². The van der Waals surface area contributed by atoms with Crippen LogP contribution in [0.3, 0.4) is 0 Å². The first-order valence-electron chi connectivity index (χ1n) is 7.43. The zero-order valence-electron chi connectivity index (χ0n) is 13.2. The number of halogens is 2. The maximum absolute atomic E-state index is 14.1. The second kappa shape index (κ2) is 9.53. The minimum atomic E-state index is -0.792. The molecule has 0 aliphatic heterocycles. The minimum Gasteiger partial charge on any atom is -0.367 e. The van der Waals surface area contributed by atoms with Crippen LogP contribution in [0.4, 0.5) is 8.78 Å². The normalized spacial score (nSPS) is 13.0. The Morgan fingerprint density at radius 2 is 1.08 bits per heavy atom. The van der Waals surface area contributed by atoms with Gasteiger partial charge in [0, 0.05) is 11.1 Å². The third kappa shape index (κ3) is 5.12. The van der Waals surface area contributed by atoms with Crippen molar-refractivity contribution in [3.8, 4) is 0 Å². The van der Waals surface area contributed by atoms with Crippen molar-refractivity contribution in [3.05, 3.63) is 83.4 Å². The number of rotatable bonds is 8. The third-order valence-electron chi connectivity index (χ3n) is 3.35. The Morgan fingerprint density at radius 3 is 1.40 bits per heavy atom. The van der Waals surface area contributed by atoms with Gasteiger partial charge in [-0.3, -0.25) is 21.4 Å². The van der Waals surface area contributed by atoms with Crippen LogP contribution in [-0.2, 0) is 4.74 Å². The number of hydrogen-bond acceptors (Lipinski definition) is 5. The van der Waals surface area contributed by atoms with Gasteiger partial charge in [-0.15, -0.1) is 0 Å². The molecule has 0 saturated carbocycles. The van der Waals surface area contributed by atoms with Crippen LogP contribution in [0.1, 0.15) is 11.1 Å². The molecule has 0 spiro atoms. The van der Waals surface area contributed by atoms with Crippen molar-refractivity contribution in [3.63, 3.8) is 0 Å². The lowest BCUT2D eigenvalue weighted by molar-refractivity contribution is 0.146. The van der Waals surface area contributed by atoms with Crippen LogP contribution in [-0.4, -0.2) is 23.6 Å². The lowest BCUT2D eigenvalue weighted by atomic mass is 10.1. The number of hydrogen-bond donors (Lipinski definition) is 4. The number of nitrogens with one attached hydrogen (secondary N) is 2. The highest BCUT2D eigenvalue weighted by molar-refractivity contribution is 5.65. The molecule has 2 aromatic rings. The molecule has 5 nitrogen and oxygen atoms in total. The average molecular weight is 348 g/mol. The number of hydroxylamine groups is 2. The monoisotopic (exact) mass is 348 g/mol. The van der Waals surface area contributed by atoms with Gasteiger partial charge in [0.05, 0.1) is 0 Å². The van der Waals surface area contributed by atoms with Crippen LogP contribution < -0.4 is 11.0 Å². The van der Waals surface area contributed by atoms with Gasteiger partial charge in [-0.2, -0.15) is 0 Å². The van der Waals surface area contributed by atoms with Gasteiger partial charge in [0.1, 0.15) is 24.6 Å². The summed E-state index contributed by atoms with van der Waals surface area (Å²) in [6.45, 7) is -1.11. The molecule has 0 fully saturated rings. The fraction of sp³-hybridized carbons (Fsp3) is 0.111. The Bertz CT molecular complexity index is 671. The van der Waals surface area contributed by atoms with Gasteiger partial charge in [0.2, 0.25) is 0 Å². The highest BCUT2D eigenvalue weighted by Gasteiger charge is 2.12. The van der Waals surface area contributed by atoms with Crippen molar-refractivity contribution in [2.45, 2.75) is 0 Å². The van der Waals surface area contributed by atoms with Crippen molar-refractivity contribution < 1.29 is 23.9 Å². The molecule has 2 aromatic carbocycles. The molecule has 0 atom stereocenters. The van der Waals surface area contributed by atoms with E-state index in [0.29, 0.717) is 11.1 Å². The molecule has 2 rings (SSSR count). The summed E-state index contributed by atoms with van der Waals surface area (Å²) in [5.74, 6) is -1.58. The average Bonchev–Trinajstić information content (AvgIpc) is 2.65. The first-order valence-corrected chi connectivity index (χ1v) is 7.43. The minimum absolute atomic E-state index is 0.159. The fourth-order valence-corrected chi connectivity index (χ4v) is 2.15. The Labute approximate surface area is 143 Å². The van der Waals surface area contributed by atoms with Crippen molar-refractivity contribution in [2.24, 2.45) is 0 Å². The Kier molecular flexibility index (Phi) is 7.09. The molecule has 0 unspecified atom stereocenters. The lowest BCUT2D eigenvalue weighted by Crippen LogP contribution is -2.12. The van der Waals surface area contributed by atoms with Gasteiger partial charge in [-0.1, -0.05) is 60.7 Å². The van der Waals surface area contributed by atoms with E-state index in [4.69, 9.17) is 15.2 Å². The first-order chi connectivity index (χ1) is 12.2. The van der Waals surface area contributed by atoms with E-state index in [0.717, 1.165) is 0 Å². The molecule has 0 radical (unpaired) electrons. The largest absolute Gasteiger partial charge is 0.367 e. The molecule has 25 heavy (non-hydrogen) atoms. The van der Waals surface area contributed by atoms with Crippen molar-refractivity contribution in [1.29, 1.82) is 0 Å². The van der Waals surface area contributed by atoms with Gasteiger partial charge in [0.15, 0.2) is 11.7 Å².